The van der Waals surface area contributed by atoms with E-state index in [-0.39, 0.29) is 5.78 Å². The fourth-order valence-electron chi connectivity index (χ4n) is 2.31. The van der Waals surface area contributed by atoms with Crippen LogP contribution in [0, 0.1) is 0 Å². The van der Waals surface area contributed by atoms with Crippen molar-refractivity contribution in [3.8, 4) is 0 Å². The van der Waals surface area contributed by atoms with E-state index in [9.17, 15) is 30.0 Å². The van der Waals surface area contributed by atoms with Crippen LogP contribution in [-0.4, -0.2) is 5.78 Å². The first kappa shape index (κ1) is 19.8. The van der Waals surface area contributed by atoms with E-state index in [0.717, 1.165) is 21.9 Å². The van der Waals surface area contributed by atoms with Crippen LogP contribution >= 0.6 is 7.81 Å². The van der Waals surface area contributed by atoms with Gasteiger partial charge in [0.1, 0.15) is 7.05 Å². The molecule has 0 spiro atoms. The van der Waals surface area contributed by atoms with Crippen LogP contribution < -0.4 is 4.57 Å². The van der Waals surface area contributed by atoms with E-state index in [2.05, 4.69) is 0 Å². The molecule has 0 bridgehead atoms. The molecular formula is C17H14F6NOP. The van der Waals surface area contributed by atoms with Crippen LogP contribution in [0.2, 0.25) is 0 Å². The summed E-state index contributed by atoms with van der Waals surface area (Å²) >= 11 is 0. The first-order chi connectivity index (χ1) is 11.7. The quantitative estimate of drug-likeness (QED) is 0.217. The van der Waals surface area contributed by atoms with E-state index in [0.29, 0.717) is 0 Å². The molecule has 1 heterocycles. The molecule has 0 amide bonds. The van der Waals surface area contributed by atoms with Gasteiger partial charge in [0, 0.05) is 16.3 Å². The normalized spacial score (nSPS) is 14.0. The fraction of sp³-hybridized carbons (Fsp3) is 0.0588. The molecule has 3 rings (SSSR count). The number of rotatable bonds is 2. The monoisotopic (exact) mass is 393 g/mol. The fourth-order valence-corrected chi connectivity index (χ4v) is 2.31. The third kappa shape index (κ3) is 6.80. The van der Waals surface area contributed by atoms with E-state index in [1.54, 1.807) is 0 Å². The number of aromatic nitrogens is 1. The van der Waals surface area contributed by atoms with Gasteiger partial charge in [-0.1, -0.05) is 48.5 Å². The summed E-state index contributed by atoms with van der Waals surface area (Å²) in [5.41, 5.74) is 1.46. The zero-order valence-corrected chi connectivity index (χ0v) is 14.3. The Hall–Kier alpha value is -2.47. The topological polar surface area (TPSA) is 20.9 Å². The average Bonchev–Trinajstić information content (AvgIpc) is 2.51. The summed E-state index contributed by atoms with van der Waals surface area (Å²) in [4.78, 5) is 12.6. The Balaban J connectivity index is 0.000000298. The molecule has 0 fully saturated rings. The van der Waals surface area contributed by atoms with E-state index < -0.39 is 7.81 Å². The number of pyridine rings is 1. The number of carbonyl (C=O) groups is 1. The van der Waals surface area contributed by atoms with E-state index in [1.165, 1.54) is 0 Å². The molecule has 0 aliphatic heterocycles. The van der Waals surface area contributed by atoms with Gasteiger partial charge in [0.25, 0.3) is 0 Å². The minimum atomic E-state index is -10.7. The molecule has 140 valence electrons. The summed E-state index contributed by atoms with van der Waals surface area (Å²) < 4.78 is 61.1. The second kappa shape index (κ2) is 6.06. The van der Waals surface area contributed by atoms with E-state index in [4.69, 9.17) is 0 Å². The van der Waals surface area contributed by atoms with Crippen molar-refractivity contribution in [2.45, 2.75) is 0 Å². The molecule has 0 atom stereocenters. The number of ketones is 1. The van der Waals surface area contributed by atoms with Crippen LogP contribution in [0.5, 0.6) is 0 Å². The van der Waals surface area contributed by atoms with Crippen molar-refractivity contribution in [3.63, 3.8) is 0 Å². The van der Waals surface area contributed by atoms with Crippen molar-refractivity contribution in [3.05, 3.63) is 78.1 Å². The molecule has 0 radical (unpaired) electrons. The maximum absolute atomic E-state index is 12.6. The predicted molar refractivity (Wildman–Crippen MR) is 88.6 cm³/mol. The zero-order valence-electron chi connectivity index (χ0n) is 13.4. The number of benzene rings is 2. The Morgan fingerprint density at radius 2 is 1.31 bits per heavy atom. The summed E-state index contributed by atoms with van der Waals surface area (Å²) in [5, 5.41) is 2.07. The second-order valence-electron chi connectivity index (χ2n) is 5.58. The summed E-state index contributed by atoms with van der Waals surface area (Å²) in [6.45, 7) is 0. The summed E-state index contributed by atoms with van der Waals surface area (Å²) in [6.07, 6.45) is 3.91. The van der Waals surface area contributed by atoms with Gasteiger partial charge in [0.2, 0.25) is 0 Å². The number of aryl methyl sites for hydroxylation is 1. The van der Waals surface area contributed by atoms with Gasteiger partial charge < -0.3 is 0 Å². The van der Waals surface area contributed by atoms with Crippen LogP contribution in [0.15, 0.2) is 67.0 Å². The van der Waals surface area contributed by atoms with Gasteiger partial charge in [0.15, 0.2) is 18.2 Å². The predicted octanol–water partition coefficient (Wildman–Crippen LogP) is 6.28. The SMILES string of the molecule is C[n+]1cc(C(=O)c2ccccc2)c2ccccc2c1.F[P-](F)(F)(F)(F)F. The molecule has 3 aromatic rings. The van der Waals surface area contributed by atoms with Gasteiger partial charge in [-0.3, -0.25) is 4.79 Å². The van der Waals surface area contributed by atoms with Crippen molar-refractivity contribution in [2.75, 3.05) is 0 Å². The molecular weight excluding hydrogens is 379 g/mol. The number of fused-ring (bicyclic) bond motifs is 1. The molecule has 0 saturated heterocycles. The standard InChI is InChI=1S/C17H14NO.F6P/c1-18-11-14-9-5-6-10-15(14)16(12-18)17(19)13-7-3-2-4-8-13;1-7(2,3,4,5)6/h2-12H,1H3;/q+1;-1. The van der Waals surface area contributed by atoms with Gasteiger partial charge in [-0.2, -0.15) is 0 Å². The third-order valence-corrected chi connectivity index (χ3v) is 3.21. The number of hydrogen-bond acceptors (Lipinski definition) is 1. The van der Waals surface area contributed by atoms with Crippen molar-refractivity contribution >= 4 is 24.4 Å². The minimum absolute atomic E-state index is 0.0630. The number of nitrogens with zero attached hydrogens (tertiary/aromatic N) is 1. The molecule has 0 aliphatic carbocycles. The second-order valence-corrected chi connectivity index (χ2v) is 7.49. The molecule has 1 aromatic heterocycles. The Bertz CT molecular complexity index is 944. The third-order valence-electron chi connectivity index (χ3n) is 3.21. The van der Waals surface area contributed by atoms with Crippen molar-refractivity contribution in [1.29, 1.82) is 0 Å². The summed E-state index contributed by atoms with van der Waals surface area (Å²) in [6, 6.07) is 17.4. The summed E-state index contributed by atoms with van der Waals surface area (Å²) in [7, 11) is -8.72. The van der Waals surface area contributed by atoms with Gasteiger partial charge >= 0.3 is 33.0 Å². The Morgan fingerprint density at radius 3 is 1.88 bits per heavy atom. The number of halogens is 6. The molecule has 9 heteroatoms. The van der Waals surface area contributed by atoms with Gasteiger partial charge in [-0.25, -0.2) is 4.57 Å². The van der Waals surface area contributed by atoms with Gasteiger partial charge in [-0.15, -0.1) is 0 Å². The molecule has 2 aromatic carbocycles. The average molecular weight is 393 g/mol. The molecule has 2 nitrogen and oxygen atoms in total. The van der Waals surface area contributed by atoms with Crippen molar-refractivity contribution < 1.29 is 34.5 Å². The first-order valence-electron chi connectivity index (χ1n) is 7.25. The first-order valence-corrected chi connectivity index (χ1v) is 9.28. The Labute approximate surface area is 144 Å². The molecule has 0 aliphatic rings. The number of carbonyl (C=O) groups excluding carboxylic acids is 1. The van der Waals surface area contributed by atoms with Crippen LogP contribution in [0.1, 0.15) is 15.9 Å². The van der Waals surface area contributed by atoms with Crippen LogP contribution in [0.25, 0.3) is 10.8 Å². The van der Waals surface area contributed by atoms with Crippen LogP contribution in [0.3, 0.4) is 0 Å². The van der Waals surface area contributed by atoms with Crippen LogP contribution in [0.4, 0.5) is 25.2 Å². The van der Waals surface area contributed by atoms with Gasteiger partial charge in [0.05, 0.1) is 5.56 Å². The van der Waals surface area contributed by atoms with E-state index >= 15 is 0 Å². The van der Waals surface area contributed by atoms with Gasteiger partial charge in [-0.05, 0) is 6.07 Å². The van der Waals surface area contributed by atoms with Crippen LogP contribution in [-0.2, 0) is 7.05 Å². The molecule has 0 unspecified atom stereocenters. The molecule has 26 heavy (non-hydrogen) atoms. The molecule has 0 saturated carbocycles. The Morgan fingerprint density at radius 1 is 0.808 bits per heavy atom. The van der Waals surface area contributed by atoms with Crippen molar-refractivity contribution in [1.82, 2.24) is 0 Å². The zero-order chi connectivity index (χ0) is 19.7. The summed E-state index contributed by atoms with van der Waals surface area (Å²) in [5.74, 6) is 0.0630. The van der Waals surface area contributed by atoms with E-state index in [1.807, 2.05) is 78.6 Å². The number of hydrogen-bond donors (Lipinski definition) is 0. The van der Waals surface area contributed by atoms with Crippen molar-refractivity contribution in [2.24, 2.45) is 7.05 Å². The Kier molecular flexibility index (Phi) is 4.62. The molecule has 0 N–H and O–H groups in total. The maximum atomic E-state index is 12.6.